The van der Waals surface area contributed by atoms with Crippen LogP contribution in [-0.4, -0.2) is 14.5 Å². The molecule has 0 amide bonds. The first-order valence-corrected chi connectivity index (χ1v) is 6.43. The van der Waals surface area contributed by atoms with Gasteiger partial charge < -0.3 is 5.73 Å². The summed E-state index contributed by atoms with van der Waals surface area (Å²) >= 11 is 0. The van der Waals surface area contributed by atoms with Crippen LogP contribution in [0.25, 0.3) is 11.2 Å². The third-order valence-corrected chi connectivity index (χ3v) is 3.55. The summed E-state index contributed by atoms with van der Waals surface area (Å²) in [6, 6.07) is 8.29. The fraction of sp³-hybridized carbons (Fsp3) is 0.200. The molecule has 0 aliphatic rings. The van der Waals surface area contributed by atoms with Crippen molar-refractivity contribution in [3.63, 3.8) is 0 Å². The van der Waals surface area contributed by atoms with E-state index in [-0.39, 0.29) is 11.9 Å². The number of nitrogens with two attached hydrogens (primary N) is 1. The number of nitrogen functional groups attached to an aromatic ring is 1. The number of aryl methyl sites for hydroxylation is 1. The fourth-order valence-electron chi connectivity index (χ4n) is 2.46. The van der Waals surface area contributed by atoms with E-state index in [1.807, 2.05) is 26.0 Å². The summed E-state index contributed by atoms with van der Waals surface area (Å²) in [6.45, 7) is 3.84. The molecule has 2 N–H and O–H groups in total. The van der Waals surface area contributed by atoms with Crippen LogP contribution in [0.4, 0.5) is 10.3 Å². The molecule has 20 heavy (non-hydrogen) atoms. The number of fused-ring (bicyclic) bond motifs is 1. The predicted molar refractivity (Wildman–Crippen MR) is 76.9 cm³/mol. The summed E-state index contributed by atoms with van der Waals surface area (Å²) in [5.74, 6) is 0.0893. The number of halogens is 1. The zero-order valence-electron chi connectivity index (χ0n) is 11.3. The van der Waals surface area contributed by atoms with Crippen molar-refractivity contribution in [3.05, 3.63) is 53.5 Å². The molecule has 2 heterocycles. The molecule has 3 rings (SSSR count). The third-order valence-electron chi connectivity index (χ3n) is 3.55. The van der Waals surface area contributed by atoms with Gasteiger partial charge in [0.15, 0.2) is 5.65 Å². The Morgan fingerprint density at radius 3 is 2.75 bits per heavy atom. The van der Waals surface area contributed by atoms with Gasteiger partial charge in [-0.05, 0) is 31.5 Å². The first kappa shape index (κ1) is 12.6. The van der Waals surface area contributed by atoms with Crippen LogP contribution < -0.4 is 5.73 Å². The largest absolute Gasteiger partial charge is 0.369 e. The van der Waals surface area contributed by atoms with Gasteiger partial charge in [-0.15, -0.1) is 0 Å². The van der Waals surface area contributed by atoms with Gasteiger partial charge in [0.1, 0.15) is 11.3 Å². The van der Waals surface area contributed by atoms with Gasteiger partial charge in [-0.3, -0.25) is 4.57 Å². The number of rotatable bonds is 2. The monoisotopic (exact) mass is 270 g/mol. The number of pyridine rings is 1. The van der Waals surface area contributed by atoms with E-state index in [0.717, 1.165) is 11.1 Å². The van der Waals surface area contributed by atoms with E-state index in [0.29, 0.717) is 17.2 Å². The van der Waals surface area contributed by atoms with E-state index < -0.39 is 0 Å². The van der Waals surface area contributed by atoms with Gasteiger partial charge in [0, 0.05) is 11.8 Å². The molecule has 0 saturated carbocycles. The summed E-state index contributed by atoms with van der Waals surface area (Å²) in [5.41, 5.74) is 9.01. The average Bonchev–Trinajstić information content (AvgIpc) is 2.76. The molecule has 3 aromatic rings. The molecule has 0 radical (unpaired) electrons. The number of hydrogen-bond donors (Lipinski definition) is 1. The molecule has 1 aromatic carbocycles. The summed E-state index contributed by atoms with van der Waals surface area (Å²) in [5, 5.41) is 0. The first-order valence-electron chi connectivity index (χ1n) is 6.43. The van der Waals surface area contributed by atoms with Gasteiger partial charge in [-0.25, -0.2) is 14.4 Å². The SMILES string of the molecule is Cc1ccnc2c1nc(N)n2C(C)c1ccccc1F. The Balaban J connectivity index is 2.22. The van der Waals surface area contributed by atoms with Crippen molar-refractivity contribution < 1.29 is 4.39 Å². The number of hydrogen-bond acceptors (Lipinski definition) is 3. The molecule has 0 spiro atoms. The van der Waals surface area contributed by atoms with Gasteiger partial charge in [0.05, 0.1) is 6.04 Å². The minimum Gasteiger partial charge on any atom is -0.369 e. The average molecular weight is 270 g/mol. The van der Waals surface area contributed by atoms with E-state index in [9.17, 15) is 4.39 Å². The zero-order valence-corrected chi connectivity index (χ0v) is 11.3. The molecule has 2 aromatic heterocycles. The number of aromatic nitrogens is 3. The van der Waals surface area contributed by atoms with Crippen LogP contribution >= 0.6 is 0 Å². The van der Waals surface area contributed by atoms with Crippen LogP contribution in [0, 0.1) is 12.7 Å². The summed E-state index contributed by atoms with van der Waals surface area (Å²) in [6.07, 6.45) is 1.71. The first-order chi connectivity index (χ1) is 9.59. The highest BCUT2D eigenvalue weighted by molar-refractivity contribution is 5.77. The molecule has 102 valence electrons. The Hall–Kier alpha value is -2.43. The lowest BCUT2D eigenvalue weighted by Gasteiger charge is -2.16. The smallest absolute Gasteiger partial charge is 0.203 e. The highest BCUT2D eigenvalue weighted by atomic mass is 19.1. The molecule has 0 saturated heterocycles. The minimum atomic E-state index is -0.268. The normalized spacial score (nSPS) is 12.8. The Morgan fingerprint density at radius 2 is 2.00 bits per heavy atom. The van der Waals surface area contributed by atoms with Gasteiger partial charge in [0.25, 0.3) is 0 Å². The van der Waals surface area contributed by atoms with Crippen LogP contribution in [0.1, 0.15) is 24.1 Å². The number of anilines is 1. The van der Waals surface area contributed by atoms with E-state index in [4.69, 9.17) is 5.73 Å². The Labute approximate surface area is 116 Å². The van der Waals surface area contributed by atoms with Crippen LogP contribution in [0.15, 0.2) is 36.5 Å². The van der Waals surface area contributed by atoms with Crippen LogP contribution in [-0.2, 0) is 0 Å². The van der Waals surface area contributed by atoms with E-state index in [1.54, 1.807) is 22.9 Å². The van der Waals surface area contributed by atoms with Crippen molar-refractivity contribution in [2.75, 3.05) is 5.73 Å². The molecule has 0 aliphatic heterocycles. The highest BCUT2D eigenvalue weighted by Gasteiger charge is 2.19. The summed E-state index contributed by atoms with van der Waals surface area (Å²) in [4.78, 5) is 8.68. The van der Waals surface area contributed by atoms with Crippen molar-refractivity contribution >= 4 is 17.1 Å². The predicted octanol–water partition coefficient (Wildman–Crippen LogP) is 3.07. The molecular formula is C15H15FN4. The zero-order chi connectivity index (χ0) is 14.3. The lowest BCUT2D eigenvalue weighted by Crippen LogP contribution is -2.12. The van der Waals surface area contributed by atoms with Gasteiger partial charge >= 0.3 is 0 Å². The second kappa shape index (κ2) is 4.59. The summed E-state index contributed by atoms with van der Waals surface area (Å²) in [7, 11) is 0. The lowest BCUT2D eigenvalue weighted by molar-refractivity contribution is 0.565. The van der Waals surface area contributed by atoms with E-state index in [2.05, 4.69) is 9.97 Å². The van der Waals surface area contributed by atoms with Gasteiger partial charge in [0.2, 0.25) is 5.95 Å². The maximum absolute atomic E-state index is 13.9. The van der Waals surface area contributed by atoms with Crippen LogP contribution in [0.5, 0.6) is 0 Å². The maximum Gasteiger partial charge on any atom is 0.203 e. The van der Waals surface area contributed by atoms with Crippen LogP contribution in [0.2, 0.25) is 0 Å². The fourth-order valence-corrected chi connectivity index (χ4v) is 2.46. The minimum absolute atomic E-state index is 0.256. The number of imidazole rings is 1. The molecule has 0 bridgehead atoms. The summed E-state index contributed by atoms with van der Waals surface area (Å²) < 4.78 is 15.7. The second-order valence-electron chi connectivity index (χ2n) is 4.84. The molecule has 1 atom stereocenters. The quantitative estimate of drug-likeness (QED) is 0.778. The van der Waals surface area contributed by atoms with Crippen molar-refractivity contribution in [2.24, 2.45) is 0 Å². The molecule has 5 heteroatoms. The molecule has 0 fully saturated rings. The Kier molecular flexibility index (Phi) is 2.89. The maximum atomic E-state index is 13.9. The Bertz CT molecular complexity index is 779. The van der Waals surface area contributed by atoms with Crippen molar-refractivity contribution in [3.8, 4) is 0 Å². The van der Waals surface area contributed by atoms with E-state index >= 15 is 0 Å². The highest BCUT2D eigenvalue weighted by Crippen LogP contribution is 2.28. The number of benzene rings is 1. The third kappa shape index (κ3) is 1.82. The van der Waals surface area contributed by atoms with Crippen molar-refractivity contribution in [2.45, 2.75) is 19.9 Å². The molecule has 1 unspecified atom stereocenters. The second-order valence-corrected chi connectivity index (χ2v) is 4.84. The van der Waals surface area contributed by atoms with Crippen molar-refractivity contribution in [1.29, 1.82) is 0 Å². The molecular weight excluding hydrogens is 255 g/mol. The van der Waals surface area contributed by atoms with E-state index in [1.165, 1.54) is 6.07 Å². The molecule has 4 nitrogen and oxygen atoms in total. The Morgan fingerprint density at radius 1 is 1.25 bits per heavy atom. The van der Waals surface area contributed by atoms with Gasteiger partial charge in [-0.1, -0.05) is 18.2 Å². The number of nitrogens with zero attached hydrogens (tertiary/aromatic N) is 3. The van der Waals surface area contributed by atoms with Crippen molar-refractivity contribution in [1.82, 2.24) is 14.5 Å². The van der Waals surface area contributed by atoms with Crippen LogP contribution in [0.3, 0.4) is 0 Å². The topological polar surface area (TPSA) is 56.7 Å². The standard InChI is InChI=1S/C15H15FN4/c1-9-7-8-18-14-13(9)19-15(17)20(14)10(2)11-5-3-4-6-12(11)16/h3-8,10H,1-2H3,(H2,17,19). The molecule has 0 aliphatic carbocycles. The lowest BCUT2D eigenvalue weighted by atomic mass is 10.1. The van der Waals surface area contributed by atoms with Gasteiger partial charge in [-0.2, -0.15) is 0 Å².